The number of halogens is 2. The zero-order valence-electron chi connectivity index (χ0n) is 21.1. The number of hydrogen-bond acceptors (Lipinski definition) is 6. The van der Waals surface area contributed by atoms with E-state index >= 15 is 0 Å². The predicted molar refractivity (Wildman–Crippen MR) is 154 cm³/mol. The Bertz CT molecular complexity index is 1510. The quantitative estimate of drug-likeness (QED) is 0.230. The van der Waals surface area contributed by atoms with Crippen LogP contribution in [0.2, 0.25) is 5.02 Å². The molecule has 1 N–H and O–H groups in total. The number of fused-ring (bicyclic) bond motifs is 2. The van der Waals surface area contributed by atoms with Crippen LogP contribution in [0.4, 0.5) is 0 Å². The first kappa shape index (κ1) is 26.3. The lowest BCUT2D eigenvalue weighted by Gasteiger charge is -2.29. The Kier molecular flexibility index (Phi) is 7.49. The van der Waals surface area contributed by atoms with Gasteiger partial charge in [-0.3, -0.25) is 4.79 Å². The van der Waals surface area contributed by atoms with Crippen molar-refractivity contribution in [2.45, 2.75) is 26.4 Å². The van der Waals surface area contributed by atoms with E-state index in [9.17, 15) is 9.59 Å². The molecule has 2 aliphatic rings. The normalized spacial score (nSPS) is 16.1. The van der Waals surface area contributed by atoms with E-state index in [4.69, 9.17) is 25.8 Å². The van der Waals surface area contributed by atoms with Gasteiger partial charge in [-0.2, -0.15) is 0 Å². The first-order chi connectivity index (χ1) is 18.3. The lowest BCUT2D eigenvalue weighted by molar-refractivity contribution is -0.136. The molecule has 1 heterocycles. The van der Waals surface area contributed by atoms with Gasteiger partial charge < -0.3 is 19.5 Å². The molecular formula is C30H25ClINO5. The second-order valence-electron chi connectivity index (χ2n) is 8.93. The number of nitrogens with one attached hydrogen (secondary N) is 1. The highest BCUT2D eigenvalue weighted by Crippen LogP contribution is 2.49. The molecule has 8 heteroatoms. The van der Waals surface area contributed by atoms with Crippen molar-refractivity contribution in [3.8, 4) is 11.5 Å². The SMILES string of the molecule is CCOc1cc([C@H]2C(C(=O)OC)=C(C)NC3=C2C(=O)c2ccccc23)cc(Cl)c1OCc1ccc(I)cc1. The van der Waals surface area contributed by atoms with Crippen molar-refractivity contribution in [2.75, 3.05) is 13.7 Å². The fraction of sp³-hybridized carbons (Fsp3) is 0.200. The minimum absolute atomic E-state index is 0.143. The minimum Gasteiger partial charge on any atom is -0.490 e. The third kappa shape index (κ3) is 4.69. The van der Waals surface area contributed by atoms with E-state index < -0.39 is 11.9 Å². The van der Waals surface area contributed by atoms with E-state index in [0.717, 1.165) is 14.7 Å². The Morgan fingerprint density at radius 3 is 2.45 bits per heavy atom. The molecule has 0 saturated heterocycles. The van der Waals surface area contributed by atoms with E-state index in [-0.39, 0.29) is 5.78 Å². The predicted octanol–water partition coefficient (Wildman–Crippen LogP) is 6.66. The highest BCUT2D eigenvalue weighted by atomic mass is 127. The number of Topliss-reactive ketones (excluding diaryl/α,β-unsaturated/α-hetero) is 1. The average Bonchev–Trinajstić information content (AvgIpc) is 3.19. The first-order valence-electron chi connectivity index (χ1n) is 12.1. The highest BCUT2D eigenvalue weighted by Gasteiger charge is 2.43. The highest BCUT2D eigenvalue weighted by molar-refractivity contribution is 14.1. The van der Waals surface area contributed by atoms with Crippen LogP contribution in [0.15, 0.2) is 77.5 Å². The Morgan fingerprint density at radius 1 is 1.05 bits per heavy atom. The number of esters is 1. The van der Waals surface area contributed by atoms with Gasteiger partial charge in [-0.1, -0.05) is 48.0 Å². The first-order valence-corrected chi connectivity index (χ1v) is 13.6. The number of carbonyl (C=O) groups excluding carboxylic acids is 2. The van der Waals surface area contributed by atoms with Crippen molar-refractivity contribution in [2.24, 2.45) is 0 Å². The fourth-order valence-electron chi connectivity index (χ4n) is 4.94. The molecule has 1 aliphatic carbocycles. The van der Waals surface area contributed by atoms with Gasteiger partial charge in [0.25, 0.3) is 0 Å². The largest absolute Gasteiger partial charge is 0.490 e. The van der Waals surface area contributed by atoms with Crippen LogP contribution in [0.5, 0.6) is 11.5 Å². The third-order valence-electron chi connectivity index (χ3n) is 6.62. The van der Waals surface area contributed by atoms with E-state index in [1.807, 2.05) is 49.4 Å². The van der Waals surface area contributed by atoms with Gasteiger partial charge in [0.2, 0.25) is 0 Å². The molecule has 194 valence electrons. The summed E-state index contributed by atoms with van der Waals surface area (Å²) in [5.41, 5.74) is 5.13. The third-order valence-corrected chi connectivity index (χ3v) is 7.62. The van der Waals surface area contributed by atoms with Crippen LogP contribution in [-0.4, -0.2) is 25.5 Å². The number of dihydropyridines is 1. The number of rotatable bonds is 7. The molecule has 38 heavy (non-hydrogen) atoms. The smallest absolute Gasteiger partial charge is 0.336 e. The number of hydrogen-bond donors (Lipinski definition) is 1. The number of methoxy groups -OCH3 is 1. The Morgan fingerprint density at radius 2 is 1.76 bits per heavy atom. The van der Waals surface area contributed by atoms with Gasteiger partial charge in [0.1, 0.15) is 6.61 Å². The summed E-state index contributed by atoms with van der Waals surface area (Å²) in [4.78, 5) is 26.7. The van der Waals surface area contributed by atoms with Gasteiger partial charge in [0.15, 0.2) is 17.3 Å². The van der Waals surface area contributed by atoms with Crippen molar-refractivity contribution >= 4 is 51.6 Å². The number of allylic oxidation sites excluding steroid dienone is 2. The van der Waals surface area contributed by atoms with Gasteiger partial charge >= 0.3 is 5.97 Å². The topological polar surface area (TPSA) is 73.9 Å². The summed E-state index contributed by atoms with van der Waals surface area (Å²) in [5, 5.41) is 3.61. The van der Waals surface area contributed by atoms with E-state index in [1.165, 1.54) is 7.11 Å². The summed E-state index contributed by atoms with van der Waals surface area (Å²) >= 11 is 9.05. The van der Waals surface area contributed by atoms with Gasteiger partial charge in [-0.25, -0.2) is 4.79 Å². The van der Waals surface area contributed by atoms with Gasteiger partial charge in [-0.05, 0) is 71.8 Å². The van der Waals surface area contributed by atoms with E-state index in [2.05, 4.69) is 27.9 Å². The van der Waals surface area contributed by atoms with Crippen LogP contribution >= 0.6 is 34.2 Å². The molecule has 0 fully saturated rings. The molecule has 0 radical (unpaired) electrons. The summed E-state index contributed by atoms with van der Waals surface area (Å²) in [6.07, 6.45) is 0. The van der Waals surface area contributed by atoms with E-state index in [0.29, 0.717) is 63.4 Å². The minimum atomic E-state index is -0.708. The molecule has 0 spiro atoms. The number of ether oxygens (including phenoxy) is 3. The molecule has 6 nitrogen and oxygen atoms in total. The molecule has 0 aromatic heterocycles. The average molecular weight is 642 g/mol. The maximum Gasteiger partial charge on any atom is 0.336 e. The van der Waals surface area contributed by atoms with Crippen LogP contribution in [0, 0.1) is 3.57 Å². The Labute approximate surface area is 239 Å². The van der Waals surface area contributed by atoms with Crippen LogP contribution in [0.3, 0.4) is 0 Å². The summed E-state index contributed by atoms with van der Waals surface area (Å²) in [7, 11) is 1.33. The molecule has 5 rings (SSSR count). The molecular weight excluding hydrogens is 617 g/mol. The summed E-state index contributed by atoms with van der Waals surface area (Å²) in [6, 6.07) is 18.9. The molecule has 0 saturated carbocycles. The fourth-order valence-corrected chi connectivity index (χ4v) is 5.57. The lowest BCUT2D eigenvalue weighted by atomic mass is 9.79. The molecule has 3 aromatic carbocycles. The molecule has 0 amide bonds. The van der Waals surface area contributed by atoms with Gasteiger partial charge in [0.05, 0.1) is 30.0 Å². The zero-order valence-corrected chi connectivity index (χ0v) is 24.0. The van der Waals surface area contributed by atoms with Crippen molar-refractivity contribution in [1.29, 1.82) is 0 Å². The number of ketones is 1. The molecule has 3 aromatic rings. The number of benzene rings is 3. The Balaban J connectivity index is 1.61. The number of carbonyl (C=O) groups is 2. The second-order valence-corrected chi connectivity index (χ2v) is 10.6. The lowest BCUT2D eigenvalue weighted by Crippen LogP contribution is -2.29. The van der Waals surface area contributed by atoms with Crippen molar-refractivity contribution in [3.05, 3.63) is 108 Å². The van der Waals surface area contributed by atoms with Crippen LogP contribution in [0.25, 0.3) is 5.70 Å². The van der Waals surface area contributed by atoms with Gasteiger partial charge in [-0.15, -0.1) is 0 Å². The van der Waals surface area contributed by atoms with Crippen LogP contribution in [-0.2, 0) is 16.1 Å². The maximum atomic E-state index is 13.7. The zero-order chi connectivity index (χ0) is 27.0. The van der Waals surface area contributed by atoms with Gasteiger partial charge in [0, 0.05) is 31.9 Å². The van der Waals surface area contributed by atoms with Crippen LogP contribution < -0.4 is 14.8 Å². The summed E-state index contributed by atoms with van der Waals surface area (Å²) in [5.74, 6) is -0.537. The second kappa shape index (κ2) is 10.8. The monoisotopic (exact) mass is 641 g/mol. The van der Waals surface area contributed by atoms with E-state index in [1.54, 1.807) is 25.1 Å². The summed E-state index contributed by atoms with van der Waals surface area (Å²) < 4.78 is 18.3. The molecule has 0 unspecified atom stereocenters. The van der Waals surface area contributed by atoms with Crippen molar-refractivity contribution in [1.82, 2.24) is 5.32 Å². The summed E-state index contributed by atoms with van der Waals surface area (Å²) in [6.45, 7) is 4.36. The molecule has 1 atom stereocenters. The standard InChI is InChI=1S/C30H25ClINO5/c1-4-37-23-14-18(13-22(31)29(23)38-15-17-9-11-19(32)12-10-17)25-24(30(35)36-3)16(2)33-27-20-7-5-6-8-21(20)28(34)26(25)27/h5-14,25,33H,4,15H2,1-3H3/t25-/m0/s1. The van der Waals surface area contributed by atoms with Crippen molar-refractivity contribution in [3.63, 3.8) is 0 Å². The maximum absolute atomic E-state index is 13.7. The Hall–Kier alpha value is -3.30. The molecule has 0 bridgehead atoms. The van der Waals surface area contributed by atoms with Crippen LogP contribution in [0.1, 0.15) is 46.8 Å². The van der Waals surface area contributed by atoms with Crippen molar-refractivity contribution < 1.29 is 23.8 Å². The molecule has 1 aliphatic heterocycles.